The summed E-state index contributed by atoms with van der Waals surface area (Å²) < 4.78 is 0. The van der Waals surface area contributed by atoms with Gasteiger partial charge in [0.05, 0.1) is 5.39 Å². The molecule has 7 heteroatoms. The SMILES string of the molecule is CCNc1nc(-c2nccc3c(=O)[nH]c(C(C)C)nc23)cs1. The summed E-state index contributed by atoms with van der Waals surface area (Å²) in [6, 6.07) is 1.69. The molecule has 0 aliphatic carbocycles. The minimum Gasteiger partial charge on any atom is -0.362 e. The van der Waals surface area contributed by atoms with Crippen molar-refractivity contribution >= 4 is 27.4 Å². The molecule has 0 saturated carbocycles. The first kappa shape index (κ1) is 14.6. The van der Waals surface area contributed by atoms with E-state index in [1.165, 1.54) is 11.3 Å². The topological polar surface area (TPSA) is 83.6 Å². The minimum absolute atomic E-state index is 0.137. The number of nitrogens with zero attached hydrogens (tertiary/aromatic N) is 3. The molecule has 6 nitrogen and oxygen atoms in total. The molecule has 0 spiro atoms. The number of aromatic amines is 1. The predicted octanol–water partition coefficient (Wildman–Crippen LogP) is 3.00. The van der Waals surface area contributed by atoms with Gasteiger partial charge in [-0.2, -0.15) is 0 Å². The number of hydrogen-bond donors (Lipinski definition) is 2. The Balaban J connectivity index is 2.22. The standard InChI is InChI=1S/C15H17N5OS/c1-4-16-15-18-10(7-22-15)12-11-9(5-6-17-12)14(21)20-13(19-11)8(2)3/h5-8H,4H2,1-3H3,(H,16,18)(H,19,20,21). The van der Waals surface area contributed by atoms with Gasteiger partial charge in [0.25, 0.3) is 5.56 Å². The Kier molecular flexibility index (Phi) is 3.89. The molecule has 22 heavy (non-hydrogen) atoms. The zero-order valence-corrected chi connectivity index (χ0v) is 13.5. The van der Waals surface area contributed by atoms with E-state index in [1.54, 1.807) is 12.3 Å². The van der Waals surface area contributed by atoms with Crippen LogP contribution in [-0.4, -0.2) is 26.5 Å². The number of H-pyrrole nitrogens is 1. The Morgan fingerprint density at radius 1 is 1.36 bits per heavy atom. The Hall–Kier alpha value is -2.28. The predicted molar refractivity (Wildman–Crippen MR) is 89.5 cm³/mol. The molecule has 3 rings (SSSR count). The summed E-state index contributed by atoms with van der Waals surface area (Å²) in [6.45, 7) is 6.82. The molecule has 0 saturated heterocycles. The smallest absolute Gasteiger partial charge is 0.258 e. The fourth-order valence-corrected chi connectivity index (χ4v) is 2.92. The van der Waals surface area contributed by atoms with Crippen molar-refractivity contribution < 1.29 is 0 Å². The van der Waals surface area contributed by atoms with Crippen molar-refractivity contribution in [3.63, 3.8) is 0 Å². The second-order valence-electron chi connectivity index (χ2n) is 5.23. The van der Waals surface area contributed by atoms with Gasteiger partial charge in [0.2, 0.25) is 0 Å². The summed E-state index contributed by atoms with van der Waals surface area (Å²) in [5.41, 5.74) is 1.84. The van der Waals surface area contributed by atoms with E-state index in [0.29, 0.717) is 22.4 Å². The zero-order chi connectivity index (χ0) is 15.7. The van der Waals surface area contributed by atoms with E-state index >= 15 is 0 Å². The molecular formula is C15H17N5OS. The van der Waals surface area contributed by atoms with Gasteiger partial charge in [-0.25, -0.2) is 9.97 Å². The highest BCUT2D eigenvalue weighted by Crippen LogP contribution is 2.27. The molecule has 3 aromatic rings. The van der Waals surface area contributed by atoms with Crippen molar-refractivity contribution in [2.75, 3.05) is 11.9 Å². The van der Waals surface area contributed by atoms with Crippen LogP contribution in [-0.2, 0) is 0 Å². The van der Waals surface area contributed by atoms with E-state index in [-0.39, 0.29) is 11.5 Å². The zero-order valence-electron chi connectivity index (χ0n) is 12.7. The quantitative estimate of drug-likeness (QED) is 0.773. The first-order chi connectivity index (χ1) is 10.6. The van der Waals surface area contributed by atoms with Crippen LogP contribution in [0.4, 0.5) is 5.13 Å². The second-order valence-corrected chi connectivity index (χ2v) is 6.09. The van der Waals surface area contributed by atoms with E-state index in [0.717, 1.165) is 17.4 Å². The van der Waals surface area contributed by atoms with Gasteiger partial charge >= 0.3 is 0 Å². The van der Waals surface area contributed by atoms with Gasteiger partial charge in [0.1, 0.15) is 22.7 Å². The Bertz CT molecular complexity index is 868. The van der Waals surface area contributed by atoms with Crippen molar-refractivity contribution in [1.29, 1.82) is 0 Å². The van der Waals surface area contributed by atoms with Crippen LogP contribution in [0.2, 0.25) is 0 Å². The number of hydrogen-bond acceptors (Lipinski definition) is 6. The van der Waals surface area contributed by atoms with Crippen molar-refractivity contribution in [3.8, 4) is 11.4 Å². The Morgan fingerprint density at radius 3 is 2.91 bits per heavy atom. The molecule has 0 unspecified atom stereocenters. The molecular weight excluding hydrogens is 298 g/mol. The highest BCUT2D eigenvalue weighted by Gasteiger charge is 2.14. The number of thiazole rings is 1. The first-order valence-corrected chi connectivity index (χ1v) is 8.06. The maximum absolute atomic E-state index is 12.2. The van der Waals surface area contributed by atoms with Gasteiger partial charge in [-0.3, -0.25) is 9.78 Å². The van der Waals surface area contributed by atoms with Crippen molar-refractivity contribution in [2.24, 2.45) is 0 Å². The molecule has 0 fully saturated rings. The molecule has 2 N–H and O–H groups in total. The lowest BCUT2D eigenvalue weighted by molar-refractivity contribution is 0.776. The van der Waals surface area contributed by atoms with Crippen LogP contribution in [0, 0.1) is 0 Å². The number of aromatic nitrogens is 4. The fourth-order valence-electron chi connectivity index (χ4n) is 2.16. The average Bonchev–Trinajstić information content (AvgIpc) is 2.95. The summed E-state index contributed by atoms with van der Waals surface area (Å²) >= 11 is 1.52. The summed E-state index contributed by atoms with van der Waals surface area (Å²) in [7, 11) is 0. The Morgan fingerprint density at radius 2 is 2.18 bits per heavy atom. The molecule has 0 bridgehead atoms. The maximum atomic E-state index is 12.2. The fraction of sp³-hybridized carbons (Fsp3) is 0.333. The van der Waals surface area contributed by atoms with Crippen LogP contribution >= 0.6 is 11.3 Å². The normalized spacial score (nSPS) is 11.3. The summed E-state index contributed by atoms with van der Waals surface area (Å²) in [6.07, 6.45) is 1.62. The van der Waals surface area contributed by atoms with Gasteiger partial charge in [-0.15, -0.1) is 11.3 Å². The molecule has 0 amide bonds. The highest BCUT2D eigenvalue weighted by atomic mass is 32.1. The third-order valence-electron chi connectivity index (χ3n) is 3.26. The van der Waals surface area contributed by atoms with E-state index in [9.17, 15) is 4.79 Å². The molecule has 0 aliphatic rings. The van der Waals surface area contributed by atoms with Crippen molar-refractivity contribution in [1.82, 2.24) is 19.9 Å². The third kappa shape index (κ3) is 2.59. The summed E-state index contributed by atoms with van der Waals surface area (Å²) in [5, 5.41) is 6.48. The molecule has 114 valence electrons. The van der Waals surface area contributed by atoms with E-state index in [1.807, 2.05) is 26.2 Å². The van der Waals surface area contributed by atoms with Gasteiger partial charge < -0.3 is 10.3 Å². The van der Waals surface area contributed by atoms with Crippen LogP contribution < -0.4 is 10.9 Å². The molecule has 0 aliphatic heterocycles. The van der Waals surface area contributed by atoms with Gasteiger partial charge in [0, 0.05) is 24.0 Å². The van der Waals surface area contributed by atoms with Gasteiger partial charge in [-0.1, -0.05) is 13.8 Å². The number of nitrogens with one attached hydrogen (secondary N) is 2. The third-order valence-corrected chi connectivity index (χ3v) is 4.06. The molecule has 3 heterocycles. The van der Waals surface area contributed by atoms with Crippen LogP contribution in [0.1, 0.15) is 32.5 Å². The van der Waals surface area contributed by atoms with Gasteiger partial charge in [-0.05, 0) is 13.0 Å². The van der Waals surface area contributed by atoms with Crippen molar-refractivity contribution in [2.45, 2.75) is 26.7 Å². The number of anilines is 1. The lowest BCUT2D eigenvalue weighted by Crippen LogP contribution is -2.13. The van der Waals surface area contributed by atoms with E-state index < -0.39 is 0 Å². The largest absolute Gasteiger partial charge is 0.362 e. The number of rotatable bonds is 4. The van der Waals surface area contributed by atoms with Gasteiger partial charge in [0.15, 0.2) is 5.13 Å². The lowest BCUT2D eigenvalue weighted by Gasteiger charge is -2.07. The first-order valence-electron chi connectivity index (χ1n) is 7.18. The van der Waals surface area contributed by atoms with Crippen LogP contribution in [0.5, 0.6) is 0 Å². The van der Waals surface area contributed by atoms with Crippen LogP contribution in [0.25, 0.3) is 22.3 Å². The van der Waals surface area contributed by atoms with Crippen LogP contribution in [0.15, 0.2) is 22.4 Å². The number of fused-ring (bicyclic) bond motifs is 1. The molecule has 0 aromatic carbocycles. The summed E-state index contributed by atoms with van der Waals surface area (Å²) in [5.74, 6) is 0.798. The summed E-state index contributed by atoms with van der Waals surface area (Å²) in [4.78, 5) is 28.6. The molecule has 0 atom stereocenters. The van der Waals surface area contributed by atoms with E-state index in [2.05, 4.69) is 25.3 Å². The molecule has 3 aromatic heterocycles. The van der Waals surface area contributed by atoms with Crippen molar-refractivity contribution in [3.05, 3.63) is 33.8 Å². The highest BCUT2D eigenvalue weighted by molar-refractivity contribution is 7.14. The Labute approximate surface area is 131 Å². The second kappa shape index (κ2) is 5.84. The molecule has 0 radical (unpaired) electrons. The minimum atomic E-state index is -0.139. The maximum Gasteiger partial charge on any atom is 0.258 e. The monoisotopic (exact) mass is 315 g/mol. The van der Waals surface area contributed by atoms with Crippen LogP contribution in [0.3, 0.4) is 0 Å². The lowest BCUT2D eigenvalue weighted by atomic mass is 10.1. The average molecular weight is 315 g/mol. The van der Waals surface area contributed by atoms with E-state index in [4.69, 9.17) is 0 Å². The number of pyridine rings is 1.